The van der Waals surface area contributed by atoms with E-state index in [4.69, 9.17) is 4.74 Å². The summed E-state index contributed by atoms with van der Waals surface area (Å²) in [6, 6.07) is 14.3. The van der Waals surface area contributed by atoms with Crippen LogP contribution in [0.1, 0.15) is 63.2 Å². The van der Waals surface area contributed by atoms with Gasteiger partial charge in [-0.25, -0.2) is 0 Å². The minimum absolute atomic E-state index is 0.00465. The van der Waals surface area contributed by atoms with E-state index in [9.17, 15) is 9.59 Å². The molecule has 5 nitrogen and oxygen atoms in total. The standard InChI is InChI=1S/C24H32N2O3/c1-4-5-6-10-23(27)25-20-8-7-9-21(17-20)26-24(28)19-11-13-22(14-12-19)29-16-15-18(2)3/h7-9,11-14,17-18H,4-6,10,15-16H2,1-3H3,(H,25,27)(H,26,28). The molecule has 0 aromatic heterocycles. The van der Waals surface area contributed by atoms with Crippen molar-refractivity contribution in [3.8, 4) is 5.75 Å². The normalized spacial score (nSPS) is 10.6. The summed E-state index contributed by atoms with van der Waals surface area (Å²) in [6.45, 7) is 7.09. The molecule has 0 aliphatic rings. The quantitative estimate of drug-likeness (QED) is 0.466. The third kappa shape index (κ3) is 8.38. The second kappa shape index (κ2) is 11.9. The Morgan fingerprint density at radius 2 is 1.66 bits per heavy atom. The average Bonchev–Trinajstić information content (AvgIpc) is 2.68. The molecule has 29 heavy (non-hydrogen) atoms. The van der Waals surface area contributed by atoms with Crippen LogP contribution >= 0.6 is 0 Å². The van der Waals surface area contributed by atoms with Crippen LogP contribution in [-0.2, 0) is 4.79 Å². The van der Waals surface area contributed by atoms with Crippen molar-refractivity contribution in [2.24, 2.45) is 5.92 Å². The fourth-order valence-electron chi connectivity index (χ4n) is 2.75. The van der Waals surface area contributed by atoms with Gasteiger partial charge < -0.3 is 15.4 Å². The summed E-state index contributed by atoms with van der Waals surface area (Å²) in [6.07, 6.45) is 4.52. The van der Waals surface area contributed by atoms with Gasteiger partial charge in [0, 0.05) is 23.4 Å². The second-order valence-electron chi connectivity index (χ2n) is 7.60. The van der Waals surface area contributed by atoms with E-state index in [1.54, 1.807) is 24.3 Å². The molecule has 0 heterocycles. The van der Waals surface area contributed by atoms with E-state index in [0.29, 0.717) is 35.9 Å². The number of benzene rings is 2. The maximum Gasteiger partial charge on any atom is 0.255 e. The van der Waals surface area contributed by atoms with Crippen molar-refractivity contribution >= 4 is 23.2 Å². The van der Waals surface area contributed by atoms with Gasteiger partial charge in [-0.05, 0) is 61.2 Å². The molecule has 0 bridgehead atoms. The Hall–Kier alpha value is -2.82. The van der Waals surface area contributed by atoms with E-state index in [-0.39, 0.29) is 11.8 Å². The zero-order valence-corrected chi connectivity index (χ0v) is 17.7. The van der Waals surface area contributed by atoms with Crippen molar-refractivity contribution in [1.29, 1.82) is 0 Å². The zero-order chi connectivity index (χ0) is 21.1. The van der Waals surface area contributed by atoms with Crippen LogP contribution in [0.2, 0.25) is 0 Å². The van der Waals surface area contributed by atoms with Crippen LogP contribution in [0.4, 0.5) is 11.4 Å². The van der Waals surface area contributed by atoms with Gasteiger partial charge in [0.2, 0.25) is 5.91 Å². The lowest BCUT2D eigenvalue weighted by molar-refractivity contribution is -0.116. The number of carbonyl (C=O) groups is 2. The maximum atomic E-state index is 12.5. The molecule has 2 rings (SSSR count). The lowest BCUT2D eigenvalue weighted by Gasteiger charge is -2.10. The lowest BCUT2D eigenvalue weighted by Crippen LogP contribution is -2.13. The Labute approximate surface area is 173 Å². The Balaban J connectivity index is 1.89. The van der Waals surface area contributed by atoms with Gasteiger partial charge in [0.1, 0.15) is 5.75 Å². The summed E-state index contributed by atoms with van der Waals surface area (Å²) in [7, 11) is 0. The largest absolute Gasteiger partial charge is 0.494 e. The Morgan fingerprint density at radius 3 is 2.31 bits per heavy atom. The number of amides is 2. The van der Waals surface area contributed by atoms with Gasteiger partial charge in [-0.15, -0.1) is 0 Å². The van der Waals surface area contributed by atoms with Crippen LogP contribution in [0.3, 0.4) is 0 Å². The third-order valence-electron chi connectivity index (χ3n) is 4.49. The molecule has 2 aromatic carbocycles. The van der Waals surface area contributed by atoms with Gasteiger partial charge in [0.15, 0.2) is 0 Å². The monoisotopic (exact) mass is 396 g/mol. The first-order chi connectivity index (χ1) is 14.0. The van der Waals surface area contributed by atoms with Gasteiger partial charge in [-0.3, -0.25) is 9.59 Å². The second-order valence-corrected chi connectivity index (χ2v) is 7.60. The van der Waals surface area contributed by atoms with Crippen molar-refractivity contribution < 1.29 is 14.3 Å². The van der Waals surface area contributed by atoms with E-state index in [2.05, 4.69) is 31.4 Å². The van der Waals surface area contributed by atoms with E-state index in [1.165, 1.54) is 0 Å². The first-order valence-corrected chi connectivity index (χ1v) is 10.4. The Bertz CT molecular complexity index is 785. The van der Waals surface area contributed by atoms with Gasteiger partial charge in [0.25, 0.3) is 5.91 Å². The van der Waals surface area contributed by atoms with Crippen molar-refractivity contribution in [3.63, 3.8) is 0 Å². The van der Waals surface area contributed by atoms with Crippen LogP contribution in [-0.4, -0.2) is 18.4 Å². The van der Waals surface area contributed by atoms with Crippen LogP contribution in [0.25, 0.3) is 0 Å². The lowest BCUT2D eigenvalue weighted by atomic mass is 10.1. The highest BCUT2D eigenvalue weighted by molar-refractivity contribution is 6.04. The summed E-state index contributed by atoms with van der Waals surface area (Å²) in [5.74, 6) is 1.15. The smallest absolute Gasteiger partial charge is 0.255 e. The zero-order valence-electron chi connectivity index (χ0n) is 17.7. The molecule has 0 spiro atoms. The van der Waals surface area contributed by atoms with Gasteiger partial charge >= 0.3 is 0 Å². The maximum absolute atomic E-state index is 12.5. The van der Waals surface area contributed by atoms with Gasteiger partial charge in [-0.1, -0.05) is 39.7 Å². The van der Waals surface area contributed by atoms with Crippen LogP contribution in [0.5, 0.6) is 5.75 Å². The van der Waals surface area contributed by atoms with Crippen LogP contribution in [0, 0.1) is 5.92 Å². The molecule has 0 saturated carbocycles. The molecule has 2 aromatic rings. The fraction of sp³-hybridized carbons (Fsp3) is 0.417. The highest BCUT2D eigenvalue weighted by Crippen LogP contribution is 2.18. The van der Waals surface area contributed by atoms with Crippen molar-refractivity contribution in [1.82, 2.24) is 0 Å². The van der Waals surface area contributed by atoms with Crippen molar-refractivity contribution in [2.45, 2.75) is 52.9 Å². The Kier molecular flexibility index (Phi) is 9.22. The molecule has 0 unspecified atom stereocenters. The number of rotatable bonds is 11. The van der Waals surface area contributed by atoms with E-state index >= 15 is 0 Å². The first kappa shape index (κ1) is 22.5. The highest BCUT2D eigenvalue weighted by atomic mass is 16.5. The van der Waals surface area contributed by atoms with Gasteiger partial charge in [-0.2, -0.15) is 0 Å². The van der Waals surface area contributed by atoms with Crippen LogP contribution in [0.15, 0.2) is 48.5 Å². The van der Waals surface area contributed by atoms with Crippen molar-refractivity contribution in [3.05, 3.63) is 54.1 Å². The molecule has 0 aliphatic heterocycles. The van der Waals surface area contributed by atoms with Gasteiger partial charge in [0.05, 0.1) is 6.61 Å². The van der Waals surface area contributed by atoms with Crippen molar-refractivity contribution in [2.75, 3.05) is 17.2 Å². The number of ether oxygens (including phenoxy) is 1. The van der Waals surface area contributed by atoms with Crippen LogP contribution < -0.4 is 15.4 Å². The number of nitrogens with one attached hydrogen (secondary N) is 2. The van der Waals surface area contributed by atoms with E-state index < -0.39 is 0 Å². The van der Waals surface area contributed by atoms with E-state index in [1.807, 2.05) is 24.3 Å². The molecule has 156 valence electrons. The SMILES string of the molecule is CCCCCC(=O)Nc1cccc(NC(=O)c2ccc(OCCC(C)C)cc2)c1. The summed E-state index contributed by atoms with van der Waals surface area (Å²) in [5, 5.41) is 5.75. The summed E-state index contributed by atoms with van der Waals surface area (Å²) in [5.41, 5.74) is 1.87. The molecule has 0 saturated heterocycles. The highest BCUT2D eigenvalue weighted by Gasteiger charge is 2.08. The topological polar surface area (TPSA) is 67.4 Å². The first-order valence-electron chi connectivity index (χ1n) is 10.4. The van der Waals surface area contributed by atoms with E-state index in [0.717, 1.165) is 31.4 Å². The average molecular weight is 397 g/mol. The number of hydrogen-bond acceptors (Lipinski definition) is 3. The predicted molar refractivity (Wildman–Crippen MR) is 119 cm³/mol. The molecular weight excluding hydrogens is 364 g/mol. The number of anilines is 2. The molecule has 0 radical (unpaired) electrons. The predicted octanol–water partition coefficient (Wildman–Crippen LogP) is 5.88. The minimum Gasteiger partial charge on any atom is -0.494 e. The molecule has 5 heteroatoms. The fourth-order valence-corrected chi connectivity index (χ4v) is 2.75. The molecule has 0 atom stereocenters. The Morgan fingerprint density at radius 1 is 0.966 bits per heavy atom. The number of carbonyl (C=O) groups excluding carboxylic acids is 2. The third-order valence-corrected chi connectivity index (χ3v) is 4.49. The molecule has 2 amide bonds. The number of hydrogen-bond donors (Lipinski definition) is 2. The molecular formula is C24H32N2O3. The minimum atomic E-state index is -0.204. The number of unbranched alkanes of at least 4 members (excludes halogenated alkanes) is 2. The molecule has 0 aliphatic carbocycles. The summed E-state index contributed by atoms with van der Waals surface area (Å²) in [4.78, 5) is 24.5. The molecule has 0 fully saturated rings. The summed E-state index contributed by atoms with van der Waals surface area (Å²) >= 11 is 0. The summed E-state index contributed by atoms with van der Waals surface area (Å²) < 4.78 is 5.69. The molecule has 2 N–H and O–H groups in total.